The van der Waals surface area contributed by atoms with Crippen molar-refractivity contribution in [2.24, 2.45) is 0 Å². The first-order chi connectivity index (χ1) is 30.7. The summed E-state index contributed by atoms with van der Waals surface area (Å²) in [5, 5.41) is 5.01. The van der Waals surface area contributed by atoms with Gasteiger partial charge >= 0.3 is 0 Å². The third-order valence-electron chi connectivity index (χ3n) is 12.5. The van der Waals surface area contributed by atoms with Crippen LogP contribution in [0.5, 0.6) is 0 Å². The average molecular weight is 789 g/mol. The lowest BCUT2D eigenvalue weighted by Crippen LogP contribution is -1.94. The first kappa shape index (κ1) is 35.7. The summed E-state index contributed by atoms with van der Waals surface area (Å²) >= 11 is 0. The zero-order valence-corrected chi connectivity index (χ0v) is 34.0. The molecule has 0 bridgehead atoms. The molecule has 0 spiro atoms. The van der Waals surface area contributed by atoms with Gasteiger partial charge in [-0.2, -0.15) is 0 Å². The molecule has 12 aromatic rings. The summed E-state index contributed by atoms with van der Waals surface area (Å²) in [7, 11) is 0. The van der Waals surface area contributed by atoms with Gasteiger partial charge in [-0.05, 0) is 116 Å². The maximum atomic E-state index is 2.40. The molecule has 0 saturated carbocycles. The molecule has 2 heterocycles. The summed E-state index contributed by atoms with van der Waals surface area (Å²) in [5.41, 5.74) is 19.2. The van der Waals surface area contributed by atoms with Gasteiger partial charge in [-0.25, -0.2) is 0 Å². The van der Waals surface area contributed by atoms with Crippen LogP contribution in [0.3, 0.4) is 0 Å². The highest BCUT2D eigenvalue weighted by Crippen LogP contribution is 2.38. The zero-order valence-electron chi connectivity index (χ0n) is 34.0. The van der Waals surface area contributed by atoms with E-state index in [1.54, 1.807) is 0 Å². The molecule has 62 heavy (non-hydrogen) atoms. The van der Waals surface area contributed by atoms with Crippen molar-refractivity contribution < 1.29 is 0 Å². The van der Waals surface area contributed by atoms with Gasteiger partial charge in [0, 0.05) is 32.9 Å². The van der Waals surface area contributed by atoms with E-state index in [9.17, 15) is 0 Å². The van der Waals surface area contributed by atoms with Gasteiger partial charge in [0.1, 0.15) is 0 Å². The number of rotatable bonds is 7. The molecule has 0 radical (unpaired) electrons. The Morgan fingerprint density at radius 2 is 0.468 bits per heavy atom. The monoisotopic (exact) mass is 788 g/mol. The Kier molecular flexibility index (Phi) is 8.53. The molecule has 0 N–H and O–H groups in total. The van der Waals surface area contributed by atoms with E-state index in [4.69, 9.17) is 0 Å². The van der Waals surface area contributed by atoms with E-state index in [1.807, 2.05) is 0 Å². The van der Waals surface area contributed by atoms with Gasteiger partial charge in [-0.1, -0.05) is 182 Å². The molecule has 0 unspecified atom stereocenters. The topological polar surface area (TPSA) is 9.86 Å². The molecule has 10 aromatic carbocycles. The minimum Gasteiger partial charge on any atom is -0.309 e. The van der Waals surface area contributed by atoms with Crippen molar-refractivity contribution in [2.75, 3.05) is 0 Å². The molecule has 0 saturated heterocycles. The fourth-order valence-electron chi connectivity index (χ4n) is 9.48. The predicted octanol–water partition coefficient (Wildman–Crippen LogP) is 16.2. The van der Waals surface area contributed by atoms with E-state index in [0.29, 0.717) is 0 Å². The summed E-state index contributed by atoms with van der Waals surface area (Å²) in [4.78, 5) is 0. The van der Waals surface area contributed by atoms with Gasteiger partial charge in [0.15, 0.2) is 0 Å². The molecular weight excluding hydrogens is 749 g/mol. The summed E-state index contributed by atoms with van der Waals surface area (Å²) < 4.78 is 4.80. The van der Waals surface area contributed by atoms with Crippen molar-refractivity contribution >= 4 is 43.6 Å². The lowest BCUT2D eigenvalue weighted by molar-refractivity contribution is 1.18. The maximum absolute atomic E-state index is 2.40. The highest BCUT2D eigenvalue weighted by molar-refractivity contribution is 6.11. The summed E-state index contributed by atoms with van der Waals surface area (Å²) in [6.07, 6.45) is 0. The van der Waals surface area contributed by atoms with E-state index in [1.165, 1.54) is 99.2 Å². The normalized spacial score (nSPS) is 11.5. The van der Waals surface area contributed by atoms with Crippen LogP contribution in [0.1, 0.15) is 0 Å². The summed E-state index contributed by atoms with van der Waals surface area (Å²) in [5.74, 6) is 0. The van der Waals surface area contributed by atoms with E-state index < -0.39 is 0 Å². The molecule has 2 nitrogen and oxygen atoms in total. The minimum atomic E-state index is 1.16. The van der Waals surface area contributed by atoms with Gasteiger partial charge in [-0.3, -0.25) is 0 Å². The smallest absolute Gasteiger partial charge is 0.0541 e. The number of aromatic nitrogens is 2. The fraction of sp³-hybridized carbons (Fsp3) is 0. The van der Waals surface area contributed by atoms with E-state index in [-0.39, 0.29) is 0 Å². The third-order valence-corrected chi connectivity index (χ3v) is 12.5. The van der Waals surface area contributed by atoms with Gasteiger partial charge < -0.3 is 9.13 Å². The summed E-state index contributed by atoms with van der Waals surface area (Å²) in [6.45, 7) is 0. The largest absolute Gasteiger partial charge is 0.309 e. The SMILES string of the molecule is c1ccc(-c2cccc(-n3c4ccccc4c4cc(-c5ccc(-c6ccc(-c7ccc8c(c7)c7ccccc7n8-c7cccc(-c8ccccc8)c7)cc6)cc5)ccc43)c2)cc1. The van der Waals surface area contributed by atoms with Gasteiger partial charge in [0.05, 0.1) is 22.1 Å². The molecule has 12 rings (SSSR count). The number of para-hydroxylation sites is 2. The van der Waals surface area contributed by atoms with Crippen LogP contribution in [-0.2, 0) is 0 Å². The van der Waals surface area contributed by atoms with Gasteiger partial charge in [0.25, 0.3) is 0 Å². The number of fused-ring (bicyclic) bond motifs is 6. The highest BCUT2D eigenvalue weighted by Gasteiger charge is 2.16. The van der Waals surface area contributed by atoms with E-state index >= 15 is 0 Å². The van der Waals surface area contributed by atoms with Crippen LogP contribution in [0, 0.1) is 0 Å². The average Bonchev–Trinajstić information content (AvgIpc) is 3.87. The molecule has 0 amide bonds. The molecule has 0 aliphatic heterocycles. The van der Waals surface area contributed by atoms with Crippen LogP contribution in [0.25, 0.3) is 111 Å². The minimum absolute atomic E-state index is 1.16. The van der Waals surface area contributed by atoms with Gasteiger partial charge in [0.2, 0.25) is 0 Å². The quantitative estimate of drug-likeness (QED) is 0.152. The molecular formula is C60H40N2. The molecule has 0 atom stereocenters. The lowest BCUT2D eigenvalue weighted by atomic mass is 9.97. The van der Waals surface area contributed by atoms with Crippen molar-refractivity contribution in [1.82, 2.24) is 9.13 Å². The predicted molar refractivity (Wildman–Crippen MR) is 262 cm³/mol. The van der Waals surface area contributed by atoms with Crippen LogP contribution in [0.2, 0.25) is 0 Å². The number of hydrogen-bond acceptors (Lipinski definition) is 0. The van der Waals surface area contributed by atoms with E-state index in [2.05, 4.69) is 252 Å². The Bertz CT molecular complexity index is 3350. The molecule has 0 fully saturated rings. The van der Waals surface area contributed by atoms with Crippen LogP contribution in [0.15, 0.2) is 243 Å². The van der Waals surface area contributed by atoms with Crippen molar-refractivity contribution in [3.05, 3.63) is 243 Å². The molecule has 0 aliphatic carbocycles. The zero-order chi connectivity index (χ0) is 41.0. The highest BCUT2D eigenvalue weighted by atomic mass is 15.0. The molecule has 290 valence electrons. The third kappa shape index (κ3) is 6.12. The molecule has 0 aliphatic rings. The van der Waals surface area contributed by atoms with E-state index in [0.717, 1.165) is 11.4 Å². The number of nitrogens with zero attached hydrogens (tertiary/aromatic N) is 2. The van der Waals surface area contributed by atoms with Crippen LogP contribution >= 0.6 is 0 Å². The van der Waals surface area contributed by atoms with Crippen molar-refractivity contribution in [1.29, 1.82) is 0 Å². The van der Waals surface area contributed by atoms with Crippen molar-refractivity contribution in [3.8, 4) is 67.0 Å². The Hall–Kier alpha value is -8.20. The molecule has 2 heteroatoms. The first-order valence-electron chi connectivity index (χ1n) is 21.3. The Labute approximate surface area is 360 Å². The van der Waals surface area contributed by atoms with Crippen molar-refractivity contribution in [2.45, 2.75) is 0 Å². The second-order valence-corrected chi connectivity index (χ2v) is 16.2. The Morgan fingerprint density at radius 1 is 0.177 bits per heavy atom. The Balaban J connectivity index is 0.841. The maximum Gasteiger partial charge on any atom is 0.0541 e. The van der Waals surface area contributed by atoms with Crippen LogP contribution in [-0.4, -0.2) is 9.13 Å². The first-order valence-corrected chi connectivity index (χ1v) is 21.3. The fourth-order valence-corrected chi connectivity index (χ4v) is 9.48. The van der Waals surface area contributed by atoms with Crippen LogP contribution < -0.4 is 0 Å². The standard InChI is InChI=1S/C60H40N2/c1-3-13-41(14-4-1)47-17-11-19-51(37-47)61-57-23-9-7-21-53(57)55-39-49(33-35-59(55)61)45-29-25-43(26-30-45)44-27-31-46(32-28-44)50-34-36-60-56(40-50)54-22-8-10-24-58(54)62(60)52-20-12-18-48(38-52)42-15-5-2-6-16-42/h1-40H. The number of hydrogen-bond donors (Lipinski definition) is 0. The summed E-state index contributed by atoms with van der Waals surface area (Å²) in [6, 6.07) is 88.3. The second kappa shape index (κ2) is 14.8. The van der Waals surface area contributed by atoms with Gasteiger partial charge in [-0.15, -0.1) is 0 Å². The lowest BCUT2D eigenvalue weighted by Gasteiger charge is -2.11. The number of benzene rings is 10. The molecule has 2 aromatic heterocycles. The van der Waals surface area contributed by atoms with Crippen LogP contribution in [0.4, 0.5) is 0 Å². The Morgan fingerprint density at radius 3 is 0.887 bits per heavy atom. The second-order valence-electron chi connectivity index (χ2n) is 16.2. The van der Waals surface area contributed by atoms with Crippen molar-refractivity contribution in [3.63, 3.8) is 0 Å².